The second-order valence-corrected chi connectivity index (χ2v) is 7.02. The number of hydrogen-bond acceptors (Lipinski definition) is 7. The SMILES string of the molecule is OCCNc1nc(N2C[C@H]3CC2CN3)c2oc3ccc(Cl)cc3c2n1. The summed E-state index contributed by atoms with van der Waals surface area (Å²) in [6.07, 6.45) is 1.12. The number of aliphatic hydroxyl groups is 1. The number of halogens is 1. The molecule has 8 heteroatoms. The summed E-state index contributed by atoms with van der Waals surface area (Å²) in [5.41, 5.74) is 2.19. The fourth-order valence-electron chi connectivity index (χ4n) is 3.86. The standard InChI is InChI=1S/C17H18ClN5O2/c18-9-1-2-13-12(5-9)14-15(25-13)16(22-17(21-14)19-3-4-24)23-8-10-6-11(23)7-20-10/h1-2,5,10-11,20,24H,3-4,6-8H2,(H,19,21,22)/t10-,11?/m1/s1. The molecular weight excluding hydrogens is 342 g/mol. The highest BCUT2D eigenvalue weighted by atomic mass is 35.5. The van der Waals surface area contributed by atoms with Gasteiger partial charge >= 0.3 is 0 Å². The van der Waals surface area contributed by atoms with Crippen LogP contribution in [0, 0.1) is 0 Å². The summed E-state index contributed by atoms with van der Waals surface area (Å²) in [5, 5.41) is 17.2. The first-order chi connectivity index (χ1) is 12.2. The first-order valence-corrected chi connectivity index (χ1v) is 8.85. The highest BCUT2D eigenvalue weighted by Crippen LogP contribution is 2.38. The fourth-order valence-corrected chi connectivity index (χ4v) is 4.04. The number of piperazine rings is 1. The minimum absolute atomic E-state index is 0.0209. The van der Waals surface area contributed by atoms with Gasteiger partial charge in [0.1, 0.15) is 11.1 Å². The maximum absolute atomic E-state index is 9.10. The summed E-state index contributed by atoms with van der Waals surface area (Å²) in [5.74, 6) is 1.31. The van der Waals surface area contributed by atoms with Gasteiger partial charge in [-0.15, -0.1) is 0 Å². The Hall–Kier alpha value is -2.09. The molecule has 0 amide bonds. The molecule has 25 heavy (non-hydrogen) atoms. The molecule has 4 heterocycles. The number of hydrogen-bond donors (Lipinski definition) is 3. The van der Waals surface area contributed by atoms with Crippen molar-refractivity contribution in [3.8, 4) is 0 Å². The van der Waals surface area contributed by atoms with Gasteiger partial charge in [-0.1, -0.05) is 11.6 Å². The van der Waals surface area contributed by atoms with Gasteiger partial charge in [0.15, 0.2) is 11.4 Å². The third kappa shape index (κ3) is 2.42. The van der Waals surface area contributed by atoms with Crippen LogP contribution in [0.4, 0.5) is 11.8 Å². The molecule has 3 aromatic rings. The zero-order valence-corrected chi connectivity index (χ0v) is 14.3. The van der Waals surface area contributed by atoms with Gasteiger partial charge in [0.05, 0.1) is 6.61 Å². The predicted octanol–water partition coefficient (Wildman–Crippen LogP) is 1.98. The minimum atomic E-state index is 0.0209. The van der Waals surface area contributed by atoms with Crippen molar-refractivity contribution in [1.82, 2.24) is 15.3 Å². The van der Waals surface area contributed by atoms with Crippen LogP contribution in [0.1, 0.15) is 6.42 Å². The van der Waals surface area contributed by atoms with Gasteiger partial charge in [0.25, 0.3) is 0 Å². The molecule has 0 aliphatic carbocycles. The molecule has 2 aromatic heterocycles. The lowest BCUT2D eigenvalue weighted by Gasteiger charge is -2.28. The molecule has 0 spiro atoms. The van der Waals surface area contributed by atoms with Gasteiger partial charge in [0.2, 0.25) is 5.95 Å². The number of furan rings is 1. The Kier molecular flexibility index (Phi) is 3.48. The smallest absolute Gasteiger partial charge is 0.225 e. The zero-order chi connectivity index (χ0) is 17.0. The zero-order valence-electron chi connectivity index (χ0n) is 13.5. The summed E-state index contributed by atoms with van der Waals surface area (Å²) in [7, 11) is 0. The molecule has 0 radical (unpaired) electrons. The van der Waals surface area contributed by atoms with Crippen molar-refractivity contribution in [1.29, 1.82) is 0 Å². The van der Waals surface area contributed by atoms with Crippen molar-refractivity contribution < 1.29 is 9.52 Å². The van der Waals surface area contributed by atoms with Crippen LogP contribution in [-0.2, 0) is 0 Å². The van der Waals surface area contributed by atoms with Crippen molar-refractivity contribution in [3.63, 3.8) is 0 Å². The quantitative estimate of drug-likeness (QED) is 0.656. The van der Waals surface area contributed by atoms with Gasteiger partial charge in [-0.25, -0.2) is 4.98 Å². The van der Waals surface area contributed by atoms with E-state index < -0.39 is 0 Å². The van der Waals surface area contributed by atoms with Gasteiger partial charge < -0.3 is 25.1 Å². The van der Waals surface area contributed by atoms with Crippen LogP contribution < -0.4 is 15.5 Å². The number of rotatable bonds is 4. The van der Waals surface area contributed by atoms with Crippen molar-refractivity contribution in [2.45, 2.75) is 18.5 Å². The minimum Gasteiger partial charge on any atom is -0.450 e. The summed E-state index contributed by atoms with van der Waals surface area (Å²) >= 11 is 6.17. The Morgan fingerprint density at radius 1 is 1.40 bits per heavy atom. The van der Waals surface area contributed by atoms with Gasteiger partial charge in [0, 0.05) is 42.1 Å². The number of nitrogens with zero attached hydrogens (tertiary/aromatic N) is 3. The van der Waals surface area contributed by atoms with Crippen LogP contribution in [0.2, 0.25) is 5.02 Å². The van der Waals surface area contributed by atoms with E-state index in [1.54, 1.807) is 0 Å². The molecule has 2 bridgehead atoms. The first kappa shape index (κ1) is 15.2. The third-order valence-electron chi connectivity index (χ3n) is 4.98. The molecule has 2 atom stereocenters. The largest absolute Gasteiger partial charge is 0.450 e. The second-order valence-electron chi connectivity index (χ2n) is 6.59. The summed E-state index contributed by atoms with van der Waals surface area (Å²) in [6, 6.07) is 6.47. The molecule has 1 aromatic carbocycles. The molecule has 0 saturated carbocycles. The average molecular weight is 360 g/mol. The van der Waals surface area contributed by atoms with Crippen LogP contribution >= 0.6 is 11.6 Å². The molecule has 2 fully saturated rings. The van der Waals surface area contributed by atoms with Crippen LogP contribution in [0.3, 0.4) is 0 Å². The summed E-state index contributed by atoms with van der Waals surface area (Å²) < 4.78 is 6.10. The van der Waals surface area contributed by atoms with Crippen LogP contribution in [0.5, 0.6) is 0 Å². The fraction of sp³-hybridized carbons (Fsp3) is 0.412. The molecule has 130 valence electrons. The van der Waals surface area contributed by atoms with E-state index in [1.165, 1.54) is 0 Å². The predicted molar refractivity (Wildman–Crippen MR) is 97.4 cm³/mol. The Labute approximate surface area is 149 Å². The number of aliphatic hydroxyl groups excluding tert-OH is 1. The Bertz CT molecular complexity index is 959. The van der Waals surface area contributed by atoms with Gasteiger partial charge in [-0.05, 0) is 24.6 Å². The number of fused-ring (bicyclic) bond motifs is 5. The lowest BCUT2D eigenvalue weighted by Crippen LogP contribution is -2.44. The van der Waals surface area contributed by atoms with Gasteiger partial charge in [-0.3, -0.25) is 0 Å². The summed E-state index contributed by atoms with van der Waals surface area (Å²) in [6.45, 7) is 2.29. The maximum atomic E-state index is 9.10. The van der Waals surface area contributed by atoms with Crippen molar-refractivity contribution in [3.05, 3.63) is 23.2 Å². The lowest BCUT2D eigenvalue weighted by molar-refractivity contribution is 0.311. The number of nitrogens with one attached hydrogen (secondary N) is 2. The third-order valence-corrected chi connectivity index (χ3v) is 5.22. The number of aromatic nitrogens is 2. The number of anilines is 2. The van der Waals surface area contributed by atoms with E-state index in [4.69, 9.17) is 26.1 Å². The van der Waals surface area contributed by atoms with Crippen LogP contribution in [-0.4, -0.2) is 53.4 Å². The molecular formula is C17H18ClN5O2. The summed E-state index contributed by atoms with van der Waals surface area (Å²) in [4.78, 5) is 11.6. The van der Waals surface area contributed by atoms with Gasteiger partial charge in [-0.2, -0.15) is 4.98 Å². The normalized spacial score (nSPS) is 22.4. The molecule has 2 aliphatic heterocycles. The molecule has 2 saturated heterocycles. The van der Waals surface area contributed by atoms with E-state index in [0.29, 0.717) is 35.2 Å². The molecule has 5 rings (SSSR count). The van der Waals surface area contributed by atoms with E-state index in [-0.39, 0.29) is 6.61 Å². The first-order valence-electron chi connectivity index (χ1n) is 8.47. The molecule has 3 N–H and O–H groups in total. The van der Waals surface area contributed by atoms with E-state index >= 15 is 0 Å². The van der Waals surface area contributed by atoms with E-state index in [1.807, 2.05) is 18.2 Å². The highest BCUT2D eigenvalue weighted by Gasteiger charge is 2.39. The maximum Gasteiger partial charge on any atom is 0.225 e. The average Bonchev–Trinajstić information content (AvgIpc) is 3.33. The Balaban J connectivity index is 1.72. The molecule has 2 aliphatic rings. The van der Waals surface area contributed by atoms with Crippen LogP contribution in [0.15, 0.2) is 22.6 Å². The molecule has 7 nitrogen and oxygen atoms in total. The number of benzene rings is 1. The van der Waals surface area contributed by atoms with E-state index in [0.717, 1.165) is 41.8 Å². The highest BCUT2D eigenvalue weighted by molar-refractivity contribution is 6.31. The van der Waals surface area contributed by atoms with E-state index in [9.17, 15) is 0 Å². The second kappa shape index (κ2) is 5.72. The Morgan fingerprint density at radius 2 is 2.32 bits per heavy atom. The van der Waals surface area contributed by atoms with Crippen molar-refractivity contribution in [2.24, 2.45) is 0 Å². The van der Waals surface area contributed by atoms with Crippen LogP contribution in [0.25, 0.3) is 22.1 Å². The monoisotopic (exact) mass is 359 g/mol. The topological polar surface area (TPSA) is 86.5 Å². The van der Waals surface area contributed by atoms with Crippen molar-refractivity contribution >= 4 is 45.4 Å². The van der Waals surface area contributed by atoms with Crippen molar-refractivity contribution in [2.75, 3.05) is 36.5 Å². The lowest BCUT2D eigenvalue weighted by atomic mass is 10.2. The molecule has 1 unspecified atom stereocenters. The Morgan fingerprint density at radius 3 is 3.08 bits per heavy atom. The van der Waals surface area contributed by atoms with E-state index in [2.05, 4.69) is 20.5 Å².